The molecule has 3 unspecified atom stereocenters. The molecule has 228 valence electrons. The van der Waals surface area contributed by atoms with Gasteiger partial charge in [0.25, 0.3) is 0 Å². The molecule has 0 aliphatic rings. The molecule has 0 saturated heterocycles. The van der Waals surface area contributed by atoms with Gasteiger partial charge in [-0.15, -0.1) is 0 Å². The topological polar surface area (TPSA) is 132 Å². The quantitative estimate of drug-likeness (QED) is 0.0528. The molecule has 38 heavy (non-hydrogen) atoms. The second-order valence-corrected chi connectivity index (χ2v) is 11.6. The molecule has 0 aliphatic heterocycles. The zero-order chi connectivity index (χ0) is 28.3. The molecular formula is C28H57O9P. The molecule has 0 fully saturated rings. The van der Waals surface area contributed by atoms with Crippen molar-refractivity contribution in [2.75, 3.05) is 33.0 Å². The van der Waals surface area contributed by atoms with Crippen molar-refractivity contribution in [3.63, 3.8) is 0 Å². The van der Waals surface area contributed by atoms with Crippen LogP contribution in [0.4, 0.5) is 0 Å². The third-order valence-electron chi connectivity index (χ3n) is 6.29. The summed E-state index contributed by atoms with van der Waals surface area (Å²) in [5.41, 5.74) is 0. The molecular weight excluding hydrogens is 511 g/mol. The summed E-state index contributed by atoms with van der Waals surface area (Å²) >= 11 is 0. The van der Waals surface area contributed by atoms with Crippen molar-refractivity contribution in [2.24, 2.45) is 0 Å². The average Bonchev–Trinajstić information content (AvgIpc) is 2.90. The Morgan fingerprint density at radius 3 is 1.71 bits per heavy atom. The standard InChI is InChI=1S/C28H57O9P/c1-3-5-7-9-11-13-15-17-19-21-34-24-27(25-36-38(32,33)35-23-26(30)22-29)37-28(31)20-18-16-14-12-10-8-6-4-2/h26-27,29-30H,3-25H2,1-2H3,(H,32,33). The molecule has 0 bridgehead atoms. The largest absolute Gasteiger partial charge is 0.472 e. The maximum atomic E-state index is 12.4. The first-order valence-corrected chi connectivity index (χ1v) is 16.5. The first-order valence-electron chi connectivity index (χ1n) is 15.0. The minimum absolute atomic E-state index is 0.0550. The molecule has 10 heteroatoms. The lowest BCUT2D eigenvalue weighted by Gasteiger charge is -2.20. The summed E-state index contributed by atoms with van der Waals surface area (Å²) in [6.45, 7) is 3.45. The van der Waals surface area contributed by atoms with Crippen LogP contribution >= 0.6 is 7.82 Å². The number of hydrogen-bond donors (Lipinski definition) is 3. The molecule has 0 spiro atoms. The Morgan fingerprint density at radius 1 is 0.711 bits per heavy atom. The third kappa shape index (κ3) is 25.7. The van der Waals surface area contributed by atoms with Gasteiger partial charge in [0.2, 0.25) is 0 Å². The van der Waals surface area contributed by atoms with E-state index in [0.717, 1.165) is 32.1 Å². The maximum absolute atomic E-state index is 12.4. The zero-order valence-corrected chi connectivity index (χ0v) is 25.1. The van der Waals surface area contributed by atoms with Gasteiger partial charge in [-0.25, -0.2) is 4.57 Å². The van der Waals surface area contributed by atoms with Crippen LogP contribution in [0.1, 0.15) is 129 Å². The van der Waals surface area contributed by atoms with Crippen molar-refractivity contribution < 1.29 is 43.0 Å². The molecule has 3 N–H and O–H groups in total. The second-order valence-electron chi connectivity index (χ2n) is 10.1. The molecule has 0 aromatic rings. The Hall–Kier alpha value is -0.540. The molecule has 0 aromatic heterocycles. The highest BCUT2D eigenvalue weighted by molar-refractivity contribution is 7.47. The van der Waals surface area contributed by atoms with Gasteiger partial charge in [-0.3, -0.25) is 13.8 Å². The Bertz CT molecular complexity index is 577. The number of phosphoric acid groups is 1. The number of esters is 1. The fraction of sp³-hybridized carbons (Fsp3) is 0.964. The number of phosphoric ester groups is 1. The molecule has 0 heterocycles. The molecule has 0 aromatic carbocycles. The lowest BCUT2D eigenvalue weighted by Crippen LogP contribution is -2.29. The maximum Gasteiger partial charge on any atom is 0.472 e. The van der Waals surface area contributed by atoms with Gasteiger partial charge in [0.15, 0.2) is 0 Å². The highest BCUT2D eigenvalue weighted by Gasteiger charge is 2.26. The summed E-state index contributed by atoms with van der Waals surface area (Å²) in [6, 6.07) is 0. The number of aliphatic hydroxyl groups excluding tert-OH is 2. The predicted molar refractivity (Wildman–Crippen MR) is 150 cm³/mol. The van der Waals surface area contributed by atoms with E-state index >= 15 is 0 Å². The summed E-state index contributed by atoms with van der Waals surface area (Å²) in [7, 11) is -4.48. The van der Waals surface area contributed by atoms with Crippen molar-refractivity contribution in [3.8, 4) is 0 Å². The van der Waals surface area contributed by atoms with Crippen LogP contribution in [0.2, 0.25) is 0 Å². The number of carbonyl (C=O) groups excluding carboxylic acids is 1. The fourth-order valence-corrected chi connectivity index (χ4v) is 4.73. The fourth-order valence-electron chi connectivity index (χ4n) is 3.94. The molecule has 3 atom stereocenters. The van der Waals surface area contributed by atoms with Crippen molar-refractivity contribution in [1.29, 1.82) is 0 Å². The van der Waals surface area contributed by atoms with E-state index in [1.54, 1.807) is 0 Å². The van der Waals surface area contributed by atoms with E-state index in [1.165, 1.54) is 77.0 Å². The summed E-state index contributed by atoms with van der Waals surface area (Å²) < 4.78 is 32.9. The SMILES string of the molecule is CCCCCCCCCCCOCC(COP(=O)(O)OCC(O)CO)OC(=O)CCCCCCCCCC. The Morgan fingerprint density at radius 2 is 1.18 bits per heavy atom. The summed E-state index contributed by atoms with van der Waals surface area (Å²) in [6.07, 6.45) is 17.9. The molecule has 0 saturated carbocycles. The minimum atomic E-state index is -4.48. The van der Waals surface area contributed by atoms with Crippen LogP contribution in [0.25, 0.3) is 0 Å². The molecule has 9 nitrogen and oxygen atoms in total. The summed E-state index contributed by atoms with van der Waals surface area (Å²) in [5, 5.41) is 18.1. The van der Waals surface area contributed by atoms with E-state index < -0.39 is 33.2 Å². The Labute approximate surface area is 231 Å². The lowest BCUT2D eigenvalue weighted by molar-refractivity contribution is -0.154. The smallest absolute Gasteiger partial charge is 0.457 e. The molecule has 0 radical (unpaired) electrons. The van der Waals surface area contributed by atoms with Gasteiger partial charge in [-0.05, 0) is 12.8 Å². The van der Waals surface area contributed by atoms with Crippen molar-refractivity contribution in [1.82, 2.24) is 0 Å². The number of unbranched alkanes of at least 4 members (excludes halogenated alkanes) is 15. The van der Waals surface area contributed by atoms with Gasteiger partial charge in [0.05, 0.1) is 26.4 Å². The average molecular weight is 569 g/mol. The highest BCUT2D eigenvalue weighted by atomic mass is 31.2. The minimum Gasteiger partial charge on any atom is -0.457 e. The third-order valence-corrected chi connectivity index (χ3v) is 7.24. The van der Waals surface area contributed by atoms with Crippen molar-refractivity contribution >= 4 is 13.8 Å². The summed E-state index contributed by atoms with van der Waals surface area (Å²) in [4.78, 5) is 22.2. The van der Waals surface area contributed by atoms with Crippen LogP contribution in [0, 0.1) is 0 Å². The second kappa shape index (κ2) is 26.7. The van der Waals surface area contributed by atoms with Gasteiger partial charge < -0.3 is 24.6 Å². The van der Waals surface area contributed by atoms with E-state index in [2.05, 4.69) is 18.4 Å². The number of rotatable bonds is 29. The number of carbonyl (C=O) groups is 1. The molecule has 0 amide bonds. The van der Waals surface area contributed by atoms with Crippen LogP contribution in [0.3, 0.4) is 0 Å². The van der Waals surface area contributed by atoms with Crippen molar-refractivity contribution in [3.05, 3.63) is 0 Å². The van der Waals surface area contributed by atoms with Gasteiger partial charge in [0, 0.05) is 13.0 Å². The molecule has 0 rings (SSSR count). The lowest BCUT2D eigenvalue weighted by atomic mass is 10.1. The monoisotopic (exact) mass is 568 g/mol. The van der Waals surface area contributed by atoms with Crippen LogP contribution in [-0.2, 0) is 27.9 Å². The summed E-state index contributed by atoms with van der Waals surface area (Å²) in [5.74, 6) is -0.388. The van der Waals surface area contributed by atoms with Gasteiger partial charge in [-0.1, -0.05) is 110 Å². The first kappa shape index (κ1) is 37.5. The van der Waals surface area contributed by atoms with Crippen LogP contribution < -0.4 is 0 Å². The number of ether oxygens (including phenoxy) is 2. The Balaban J connectivity index is 4.33. The normalized spacial score (nSPS) is 14.8. The van der Waals surface area contributed by atoms with Crippen molar-refractivity contribution in [2.45, 2.75) is 142 Å². The van der Waals surface area contributed by atoms with Crippen LogP contribution in [0.5, 0.6) is 0 Å². The zero-order valence-electron chi connectivity index (χ0n) is 24.2. The number of hydrogen-bond acceptors (Lipinski definition) is 8. The number of aliphatic hydroxyl groups is 2. The van der Waals surface area contributed by atoms with Crippen LogP contribution in [0.15, 0.2) is 0 Å². The van der Waals surface area contributed by atoms with E-state index in [4.69, 9.17) is 19.1 Å². The van der Waals surface area contributed by atoms with Gasteiger partial charge in [-0.2, -0.15) is 0 Å². The van der Waals surface area contributed by atoms with Gasteiger partial charge in [0.1, 0.15) is 12.2 Å². The van der Waals surface area contributed by atoms with Gasteiger partial charge >= 0.3 is 13.8 Å². The van der Waals surface area contributed by atoms with E-state index in [-0.39, 0.29) is 25.6 Å². The van der Waals surface area contributed by atoms with E-state index in [9.17, 15) is 19.4 Å². The van der Waals surface area contributed by atoms with E-state index in [0.29, 0.717) is 6.61 Å². The highest BCUT2D eigenvalue weighted by Crippen LogP contribution is 2.43. The first-order chi connectivity index (χ1) is 18.3. The molecule has 0 aliphatic carbocycles. The Kier molecular flexibility index (Phi) is 26.3. The van der Waals surface area contributed by atoms with E-state index in [1.807, 2.05) is 0 Å². The predicted octanol–water partition coefficient (Wildman–Crippen LogP) is 6.46. The van der Waals surface area contributed by atoms with Crippen LogP contribution in [-0.4, -0.2) is 66.3 Å².